The number of para-hydroxylation sites is 1. The lowest BCUT2D eigenvalue weighted by atomic mass is 10.2. The van der Waals surface area contributed by atoms with Crippen LogP contribution in [0.15, 0.2) is 71.6 Å². The number of hydrogen-bond donors (Lipinski definition) is 1. The number of carbonyl (C=O) groups excluding carboxylic acids is 2. The summed E-state index contributed by atoms with van der Waals surface area (Å²) in [5.74, 6) is -0.910. The van der Waals surface area contributed by atoms with E-state index in [2.05, 4.69) is 10.1 Å². The number of anilines is 2. The summed E-state index contributed by atoms with van der Waals surface area (Å²) in [6.45, 7) is -0.754. The molecule has 3 rings (SSSR count). The third-order valence-electron chi connectivity index (χ3n) is 5.16. The minimum absolute atomic E-state index is 0.0439. The van der Waals surface area contributed by atoms with Crippen LogP contribution in [0.3, 0.4) is 0 Å². The van der Waals surface area contributed by atoms with E-state index < -0.39 is 44.0 Å². The van der Waals surface area contributed by atoms with Gasteiger partial charge in [0.1, 0.15) is 18.0 Å². The number of sulfonamides is 1. The van der Waals surface area contributed by atoms with Gasteiger partial charge >= 0.3 is 5.97 Å². The fourth-order valence-corrected chi connectivity index (χ4v) is 4.97. The van der Waals surface area contributed by atoms with E-state index in [-0.39, 0.29) is 22.7 Å². The number of carbonyl (C=O) groups is 2. The van der Waals surface area contributed by atoms with Gasteiger partial charge in [0.05, 0.1) is 37.5 Å². The molecule has 3 aromatic rings. The first-order valence-corrected chi connectivity index (χ1v) is 12.0. The molecule has 194 valence electrons. The molecule has 37 heavy (non-hydrogen) atoms. The van der Waals surface area contributed by atoms with Gasteiger partial charge in [-0.3, -0.25) is 19.2 Å². The monoisotopic (exact) mass is 529 g/mol. The molecule has 0 aromatic heterocycles. The van der Waals surface area contributed by atoms with Crippen molar-refractivity contribution in [3.05, 3.63) is 82.4 Å². The van der Waals surface area contributed by atoms with E-state index in [1.54, 1.807) is 0 Å². The van der Waals surface area contributed by atoms with Gasteiger partial charge < -0.3 is 19.5 Å². The third-order valence-corrected chi connectivity index (χ3v) is 6.97. The highest BCUT2D eigenvalue weighted by Gasteiger charge is 2.34. The molecular formula is C24H23N3O9S. The number of benzene rings is 3. The lowest BCUT2D eigenvalue weighted by Gasteiger charge is -2.25. The Morgan fingerprint density at radius 1 is 0.973 bits per heavy atom. The van der Waals surface area contributed by atoms with Crippen LogP contribution in [0.1, 0.15) is 10.4 Å². The van der Waals surface area contributed by atoms with Crippen LogP contribution in [0.4, 0.5) is 17.1 Å². The van der Waals surface area contributed by atoms with Crippen LogP contribution in [0.2, 0.25) is 0 Å². The Bertz CT molecular complexity index is 1420. The Hall–Kier alpha value is -4.65. The Labute approximate surface area is 212 Å². The predicted molar refractivity (Wildman–Crippen MR) is 134 cm³/mol. The lowest BCUT2D eigenvalue weighted by Crippen LogP contribution is -2.38. The average Bonchev–Trinajstić information content (AvgIpc) is 2.91. The van der Waals surface area contributed by atoms with Gasteiger partial charge in [0.25, 0.3) is 15.7 Å². The number of esters is 1. The second kappa shape index (κ2) is 11.4. The van der Waals surface area contributed by atoms with Crippen LogP contribution in [-0.2, 0) is 19.6 Å². The maximum Gasteiger partial charge on any atom is 0.337 e. The number of methoxy groups -OCH3 is 3. The zero-order chi connectivity index (χ0) is 27.2. The number of amides is 1. The Morgan fingerprint density at radius 2 is 1.65 bits per heavy atom. The van der Waals surface area contributed by atoms with E-state index in [4.69, 9.17) is 9.47 Å². The van der Waals surface area contributed by atoms with E-state index in [1.807, 2.05) is 0 Å². The normalized spacial score (nSPS) is 10.8. The first-order valence-electron chi connectivity index (χ1n) is 10.6. The molecule has 0 heterocycles. The fourth-order valence-electron chi connectivity index (χ4n) is 3.37. The maximum absolute atomic E-state index is 13.7. The third kappa shape index (κ3) is 5.95. The number of nitrogens with zero attached hydrogens (tertiary/aromatic N) is 2. The quantitative estimate of drug-likeness (QED) is 0.237. The zero-order valence-corrected chi connectivity index (χ0v) is 20.9. The molecular weight excluding hydrogens is 506 g/mol. The summed E-state index contributed by atoms with van der Waals surface area (Å²) in [5.41, 5.74) is -0.164. The summed E-state index contributed by atoms with van der Waals surface area (Å²) in [6.07, 6.45) is 0. The van der Waals surface area contributed by atoms with Crippen molar-refractivity contribution in [1.82, 2.24) is 0 Å². The van der Waals surface area contributed by atoms with Crippen molar-refractivity contribution in [2.75, 3.05) is 37.5 Å². The van der Waals surface area contributed by atoms with E-state index in [1.165, 1.54) is 75.9 Å². The highest BCUT2D eigenvalue weighted by atomic mass is 32.2. The van der Waals surface area contributed by atoms with E-state index >= 15 is 0 Å². The topological polar surface area (TPSA) is 154 Å². The molecule has 0 spiro atoms. The molecule has 0 fully saturated rings. The molecule has 0 aliphatic heterocycles. The van der Waals surface area contributed by atoms with Gasteiger partial charge in [0, 0.05) is 17.8 Å². The van der Waals surface area contributed by atoms with Crippen LogP contribution < -0.4 is 19.1 Å². The van der Waals surface area contributed by atoms with Crippen molar-refractivity contribution in [2.24, 2.45) is 0 Å². The summed E-state index contributed by atoms with van der Waals surface area (Å²) in [4.78, 5) is 34.7. The number of nitro benzene ring substituents is 1. The SMILES string of the molecule is COC(=O)c1ccc(NC(=O)CN(c2ccc(OC)cc2OC)S(=O)(=O)c2ccccc2[N+](=O)[O-])cc1. The van der Waals surface area contributed by atoms with E-state index in [0.29, 0.717) is 10.1 Å². The summed E-state index contributed by atoms with van der Waals surface area (Å²) in [5, 5.41) is 14.1. The largest absolute Gasteiger partial charge is 0.497 e. The number of rotatable bonds is 10. The van der Waals surface area contributed by atoms with E-state index in [9.17, 15) is 28.1 Å². The second-order valence-corrected chi connectivity index (χ2v) is 9.22. The van der Waals surface area contributed by atoms with Crippen molar-refractivity contribution in [3.63, 3.8) is 0 Å². The molecule has 0 saturated heterocycles. The van der Waals surface area contributed by atoms with Crippen molar-refractivity contribution < 1.29 is 37.1 Å². The van der Waals surface area contributed by atoms with Gasteiger partial charge in [0.2, 0.25) is 5.91 Å². The maximum atomic E-state index is 13.7. The standard InChI is InChI=1S/C24H23N3O9S/c1-34-18-12-13-19(21(14-18)35-2)26(37(32,33)22-7-5-4-6-20(22)27(30)31)15-23(28)25-17-10-8-16(9-11-17)24(29)36-3/h4-14H,15H2,1-3H3,(H,25,28). The molecule has 0 unspecified atom stereocenters. The molecule has 13 heteroatoms. The first-order chi connectivity index (χ1) is 17.6. The minimum Gasteiger partial charge on any atom is -0.497 e. The molecule has 0 saturated carbocycles. The number of ether oxygens (including phenoxy) is 3. The molecule has 1 amide bonds. The highest BCUT2D eigenvalue weighted by Crippen LogP contribution is 2.37. The van der Waals surface area contributed by atoms with Crippen LogP contribution >= 0.6 is 0 Å². The van der Waals surface area contributed by atoms with Crippen LogP contribution in [0.5, 0.6) is 11.5 Å². The van der Waals surface area contributed by atoms with Gasteiger partial charge in [-0.1, -0.05) is 12.1 Å². The molecule has 0 aliphatic carbocycles. The second-order valence-electron chi connectivity index (χ2n) is 7.39. The summed E-state index contributed by atoms with van der Waals surface area (Å²) in [6, 6.07) is 14.8. The summed E-state index contributed by atoms with van der Waals surface area (Å²) >= 11 is 0. The van der Waals surface area contributed by atoms with Crippen LogP contribution in [-0.4, -0.2) is 53.1 Å². The molecule has 0 atom stereocenters. The van der Waals surface area contributed by atoms with E-state index in [0.717, 1.165) is 12.1 Å². The number of nitro groups is 1. The van der Waals surface area contributed by atoms with Gasteiger partial charge in [-0.15, -0.1) is 0 Å². The Kier molecular flexibility index (Phi) is 8.30. The highest BCUT2D eigenvalue weighted by molar-refractivity contribution is 7.93. The Morgan fingerprint density at radius 3 is 2.24 bits per heavy atom. The molecule has 3 aromatic carbocycles. The van der Waals surface area contributed by atoms with Crippen molar-refractivity contribution in [3.8, 4) is 11.5 Å². The number of nitrogens with one attached hydrogen (secondary N) is 1. The molecule has 12 nitrogen and oxygen atoms in total. The molecule has 0 radical (unpaired) electrons. The summed E-state index contributed by atoms with van der Waals surface area (Å²) < 4.78 is 43.3. The Balaban J connectivity index is 2.04. The smallest absolute Gasteiger partial charge is 0.337 e. The van der Waals surface area contributed by atoms with Crippen molar-refractivity contribution >= 4 is 39.0 Å². The van der Waals surface area contributed by atoms with Crippen LogP contribution in [0.25, 0.3) is 0 Å². The van der Waals surface area contributed by atoms with Gasteiger partial charge in [-0.2, -0.15) is 0 Å². The molecule has 0 aliphatic rings. The average molecular weight is 530 g/mol. The molecule has 1 N–H and O–H groups in total. The zero-order valence-electron chi connectivity index (χ0n) is 20.0. The molecule has 0 bridgehead atoms. The predicted octanol–water partition coefficient (Wildman–Crippen LogP) is 3.23. The number of hydrogen-bond acceptors (Lipinski definition) is 9. The summed E-state index contributed by atoms with van der Waals surface area (Å²) in [7, 11) is -0.694. The van der Waals surface area contributed by atoms with Crippen molar-refractivity contribution in [2.45, 2.75) is 4.90 Å². The van der Waals surface area contributed by atoms with Gasteiger partial charge in [0.15, 0.2) is 4.90 Å². The van der Waals surface area contributed by atoms with Crippen LogP contribution in [0, 0.1) is 10.1 Å². The first kappa shape index (κ1) is 26.9. The van der Waals surface area contributed by atoms with Crippen molar-refractivity contribution in [1.29, 1.82) is 0 Å². The minimum atomic E-state index is -4.64. The van der Waals surface area contributed by atoms with Gasteiger partial charge in [-0.25, -0.2) is 13.2 Å². The fraction of sp³-hybridized carbons (Fsp3) is 0.167. The van der Waals surface area contributed by atoms with Gasteiger partial charge in [-0.05, 0) is 42.5 Å². The lowest BCUT2D eigenvalue weighted by molar-refractivity contribution is -0.387.